The van der Waals surface area contributed by atoms with Crippen molar-refractivity contribution in [2.24, 2.45) is 0 Å². The maximum absolute atomic E-state index is 13.2. The van der Waals surface area contributed by atoms with Crippen molar-refractivity contribution in [3.63, 3.8) is 0 Å². The van der Waals surface area contributed by atoms with Gasteiger partial charge in [0.1, 0.15) is 5.54 Å². The van der Waals surface area contributed by atoms with Gasteiger partial charge >= 0.3 is 0 Å². The Morgan fingerprint density at radius 3 is 2.35 bits per heavy atom. The largest absolute Gasteiger partial charge is 0.306 e. The summed E-state index contributed by atoms with van der Waals surface area (Å²) >= 11 is 0. The summed E-state index contributed by atoms with van der Waals surface area (Å²) in [6.45, 7) is 1.53. The predicted molar refractivity (Wildman–Crippen MR) is 66.4 cm³/mol. The van der Waals surface area contributed by atoms with Gasteiger partial charge in [-0.1, -0.05) is 42.5 Å². The summed E-state index contributed by atoms with van der Waals surface area (Å²) in [6.07, 6.45) is -2.46. The SMILES string of the molecule is CNC(C)(c1cccc2ccccc12)C(F)F. The van der Waals surface area contributed by atoms with E-state index in [-0.39, 0.29) is 0 Å². The molecule has 1 unspecified atom stereocenters. The summed E-state index contributed by atoms with van der Waals surface area (Å²) < 4.78 is 26.5. The number of benzene rings is 2. The van der Waals surface area contributed by atoms with Crippen molar-refractivity contribution in [2.45, 2.75) is 18.9 Å². The molecule has 0 amide bonds. The van der Waals surface area contributed by atoms with Gasteiger partial charge < -0.3 is 5.32 Å². The lowest BCUT2D eigenvalue weighted by molar-refractivity contribution is 0.0440. The quantitative estimate of drug-likeness (QED) is 0.858. The van der Waals surface area contributed by atoms with Gasteiger partial charge in [0, 0.05) is 0 Å². The molecule has 0 aliphatic carbocycles. The minimum absolute atomic E-state index is 0.633. The van der Waals surface area contributed by atoms with Crippen LogP contribution >= 0.6 is 0 Å². The van der Waals surface area contributed by atoms with E-state index in [9.17, 15) is 8.78 Å². The van der Waals surface area contributed by atoms with Gasteiger partial charge in [-0.2, -0.15) is 0 Å². The van der Waals surface area contributed by atoms with Crippen LogP contribution in [0.5, 0.6) is 0 Å². The first kappa shape index (κ1) is 12.0. The van der Waals surface area contributed by atoms with E-state index in [0.29, 0.717) is 5.56 Å². The molecule has 2 rings (SSSR count). The van der Waals surface area contributed by atoms with Crippen molar-refractivity contribution in [3.8, 4) is 0 Å². The fourth-order valence-electron chi connectivity index (χ4n) is 2.04. The van der Waals surface area contributed by atoms with Crippen LogP contribution in [0.1, 0.15) is 12.5 Å². The van der Waals surface area contributed by atoms with E-state index in [4.69, 9.17) is 0 Å². The summed E-state index contributed by atoms with van der Waals surface area (Å²) in [5.41, 5.74) is -0.686. The maximum Gasteiger partial charge on any atom is 0.260 e. The van der Waals surface area contributed by atoms with Gasteiger partial charge in [-0.3, -0.25) is 0 Å². The van der Waals surface area contributed by atoms with Crippen LogP contribution in [0.15, 0.2) is 42.5 Å². The van der Waals surface area contributed by atoms with E-state index in [1.165, 1.54) is 6.92 Å². The predicted octanol–water partition coefficient (Wildman–Crippen LogP) is 3.54. The summed E-state index contributed by atoms with van der Waals surface area (Å²) in [4.78, 5) is 0. The van der Waals surface area contributed by atoms with Gasteiger partial charge in [0.15, 0.2) is 0 Å². The minimum atomic E-state index is -2.46. The molecule has 2 aromatic rings. The molecule has 0 bridgehead atoms. The number of hydrogen-bond acceptors (Lipinski definition) is 1. The molecule has 0 fully saturated rings. The molecule has 17 heavy (non-hydrogen) atoms. The van der Waals surface area contributed by atoms with Gasteiger partial charge in [0.25, 0.3) is 6.43 Å². The van der Waals surface area contributed by atoms with Crippen LogP contribution in [0.2, 0.25) is 0 Å². The first-order valence-electron chi connectivity index (χ1n) is 5.55. The number of fused-ring (bicyclic) bond motifs is 1. The molecule has 1 N–H and O–H groups in total. The van der Waals surface area contributed by atoms with E-state index in [0.717, 1.165) is 10.8 Å². The van der Waals surface area contributed by atoms with E-state index in [2.05, 4.69) is 5.32 Å². The third-order valence-corrected chi connectivity index (χ3v) is 3.30. The van der Waals surface area contributed by atoms with Crippen molar-refractivity contribution in [2.75, 3.05) is 7.05 Å². The van der Waals surface area contributed by atoms with E-state index in [1.807, 2.05) is 36.4 Å². The van der Waals surface area contributed by atoms with Crippen molar-refractivity contribution in [1.29, 1.82) is 0 Å². The second-order valence-electron chi connectivity index (χ2n) is 4.28. The Morgan fingerprint density at radius 2 is 1.71 bits per heavy atom. The Kier molecular flexibility index (Phi) is 3.11. The van der Waals surface area contributed by atoms with Gasteiger partial charge in [-0.05, 0) is 30.3 Å². The first-order chi connectivity index (χ1) is 8.09. The van der Waals surface area contributed by atoms with Crippen molar-refractivity contribution < 1.29 is 8.78 Å². The van der Waals surface area contributed by atoms with Crippen molar-refractivity contribution >= 4 is 10.8 Å². The van der Waals surface area contributed by atoms with Gasteiger partial charge in [-0.15, -0.1) is 0 Å². The monoisotopic (exact) mass is 235 g/mol. The number of rotatable bonds is 3. The van der Waals surface area contributed by atoms with Gasteiger partial charge in [-0.25, -0.2) is 8.78 Å². The lowest BCUT2D eigenvalue weighted by Crippen LogP contribution is -2.43. The fourth-order valence-corrected chi connectivity index (χ4v) is 2.04. The third kappa shape index (κ3) is 1.91. The van der Waals surface area contributed by atoms with Crippen LogP contribution in [0.3, 0.4) is 0 Å². The molecule has 0 aromatic heterocycles. The standard InChI is InChI=1S/C14H15F2N/c1-14(17-2,13(15)16)12-9-5-7-10-6-3-4-8-11(10)12/h3-9,13,17H,1-2H3. The molecule has 1 atom stereocenters. The highest BCUT2D eigenvalue weighted by Crippen LogP contribution is 2.32. The van der Waals surface area contributed by atoms with Crippen LogP contribution in [0.4, 0.5) is 8.78 Å². The third-order valence-electron chi connectivity index (χ3n) is 3.30. The second kappa shape index (κ2) is 4.41. The number of halogens is 2. The van der Waals surface area contributed by atoms with Gasteiger partial charge in [0.05, 0.1) is 0 Å². The lowest BCUT2D eigenvalue weighted by Gasteiger charge is -2.30. The van der Waals surface area contributed by atoms with Crippen LogP contribution < -0.4 is 5.32 Å². The Hall–Kier alpha value is -1.48. The molecule has 1 nitrogen and oxygen atoms in total. The average Bonchev–Trinajstić information content (AvgIpc) is 2.37. The highest BCUT2D eigenvalue weighted by atomic mass is 19.3. The molecule has 0 aliphatic heterocycles. The molecule has 3 heteroatoms. The Labute approximate surface area is 99.5 Å². The van der Waals surface area contributed by atoms with Crippen LogP contribution in [-0.2, 0) is 5.54 Å². The molecule has 2 aromatic carbocycles. The zero-order valence-electron chi connectivity index (χ0n) is 9.87. The molecule has 0 saturated carbocycles. The van der Waals surface area contributed by atoms with E-state index in [1.54, 1.807) is 13.1 Å². The summed E-state index contributed by atoms with van der Waals surface area (Å²) in [5.74, 6) is 0. The van der Waals surface area contributed by atoms with Crippen molar-refractivity contribution in [3.05, 3.63) is 48.0 Å². The zero-order valence-corrected chi connectivity index (χ0v) is 9.87. The highest BCUT2D eigenvalue weighted by molar-refractivity contribution is 5.86. The first-order valence-corrected chi connectivity index (χ1v) is 5.55. The van der Waals surface area contributed by atoms with Crippen LogP contribution in [-0.4, -0.2) is 13.5 Å². The molecular formula is C14H15F2N. The van der Waals surface area contributed by atoms with Crippen molar-refractivity contribution in [1.82, 2.24) is 5.32 Å². The fraction of sp³-hybridized carbons (Fsp3) is 0.286. The minimum Gasteiger partial charge on any atom is -0.306 e. The Morgan fingerprint density at radius 1 is 1.06 bits per heavy atom. The molecule has 0 radical (unpaired) electrons. The average molecular weight is 235 g/mol. The van der Waals surface area contributed by atoms with Crippen LogP contribution in [0, 0.1) is 0 Å². The van der Waals surface area contributed by atoms with Crippen LogP contribution in [0.25, 0.3) is 10.8 Å². The summed E-state index contributed by atoms with van der Waals surface area (Å²) in [5, 5.41) is 4.58. The molecule has 0 saturated heterocycles. The number of alkyl halides is 2. The maximum atomic E-state index is 13.2. The molecular weight excluding hydrogens is 220 g/mol. The van der Waals surface area contributed by atoms with E-state index < -0.39 is 12.0 Å². The lowest BCUT2D eigenvalue weighted by atomic mass is 9.88. The number of nitrogens with one attached hydrogen (secondary N) is 1. The molecule has 0 heterocycles. The second-order valence-corrected chi connectivity index (χ2v) is 4.28. The molecule has 0 aliphatic rings. The normalized spacial score (nSPS) is 15.1. The Bertz CT molecular complexity index is 519. The Balaban J connectivity index is 2.70. The smallest absolute Gasteiger partial charge is 0.260 e. The molecule has 0 spiro atoms. The highest BCUT2D eigenvalue weighted by Gasteiger charge is 2.36. The number of hydrogen-bond donors (Lipinski definition) is 1. The van der Waals surface area contributed by atoms with Gasteiger partial charge in [0.2, 0.25) is 0 Å². The van der Waals surface area contributed by atoms with E-state index >= 15 is 0 Å². The topological polar surface area (TPSA) is 12.0 Å². The summed E-state index contributed by atoms with van der Waals surface area (Å²) in [7, 11) is 1.56. The zero-order chi connectivity index (χ0) is 12.5. The molecule has 90 valence electrons. The summed E-state index contributed by atoms with van der Waals surface area (Å²) in [6, 6.07) is 13.1.